The van der Waals surface area contributed by atoms with Crippen LogP contribution in [-0.4, -0.2) is 31.2 Å². The number of rotatable bonds is 7. The van der Waals surface area contributed by atoms with Gasteiger partial charge < -0.3 is 19.9 Å². The van der Waals surface area contributed by atoms with Gasteiger partial charge in [-0.15, -0.1) is 0 Å². The minimum absolute atomic E-state index is 0.298. The van der Waals surface area contributed by atoms with Crippen molar-refractivity contribution in [3.63, 3.8) is 0 Å². The highest BCUT2D eigenvalue weighted by Gasteiger charge is 2.23. The molecule has 2 aromatic carbocycles. The Kier molecular flexibility index (Phi) is 6.46. The number of halogens is 1. The average molecular weight is 378 g/mol. The van der Waals surface area contributed by atoms with Crippen molar-refractivity contribution in [3.05, 3.63) is 58.1 Å². The summed E-state index contributed by atoms with van der Waals surface area (Å²) in [5.41, 5.74) is 1.74. The van der Waals surface area contributed by atoms with Gasteiger partial charge in [0.2, 0.25) is 0 Å². The minimum Gasteiger partial charge on any atom is -0.497 e. The van der Waals surface area contributed by atoms with Gasteiger partial charge >= 0.3 is 5.97 Å². The van der Waals surface area contributed by atoms with E-state index in [1.807, 2.05) is 6.92 Å². The van der Waals surface area contributed by atoms with E-state index in [0.717, 1.165) is 5.56 Å². The number of carboxylic acid groups (broad SMARTS) is 1. The zero-order valence-electron chi connectivity index (χ0n) is 14.7. The summed E-state index contributed by atoms with van der Waals surface area (Å²) in [6.07, 6.45) is -0.298. The van der Waals surface area contributed by atoms with Crippen molar-refractivity contribution in [1.82, 2.24) is 5.32 Å². The van der Waals surface area contributed by atoms with Crippen LogP contribution in [0.1, 0.15) is 33.9 Å². The van der Waals surface area contributed by atoms with E-state index in [-0.39, 0.29) is 6.42 Å². The number of hydrogen-bond acceptors (Lipinski definition) is 4. The standard InChI is InChI=1S/C19H20ClNO5/c1-11-4-5-12(8-15(11)20)19(24)21-16(10-18(22)23)14-7-6-13(25-2)9-17(14)26-3/h4-9,16H,10H2,1-3H3,(H,21,24)(H,22,23). The second-order valence-electron chi connectivity index (χ2n) is 5.70. The second-order valence-corrected chi connectivity index (χ2v) is 6.10. The Balaban J connectivity index is 2.34. The highest BCUT2D eigenvalue weighted by molar-refractivity contribution is 6.31. The molecule has 0 aliphatic rings. The van der Waals surface area contributed by atoms with Crippen molar-refractivity contribution in [1.29, 1.82) is 0 Å². The predicted octanol–water partition coefficient (Wildman–Crippen LogP) is 3.61. The van der Waals surface area contributed by atoms with Crippen LogP contribution in [0.4, 0.5) is 0 Å². The van der Waals surface area contributed by atoms with E-state index in [1.54, 1.807) is 36.4 Å². The van der Waals surface area contributed by atoms with Gasteiger partial charge in [0.25, 0.3) is 5.91 Å². The maximum absolute atomic E-state index is 12.6. The van der Waals surface area contributed by atoms with Gasteiger partial charge in [0, 0.05) is 22.2 Å². The van der Waals surface area contributed by atoms with Gasteiger partial charge in [0.15, 0.2) is 0 Å². The first-order chi connectivity index (χ1) is 12.3. The molecule has 0 saturated carbocycles. The van der Waals surface area contributed by atoms with Crippen LogP contribution in [0.15, 0.2) is 36.4 Å². The van der Waals surface area contributed by atoms with E-state index < -0.39 is 17.9 Å². The number of aryl methyl sites for hydroxylation is 1. The van der Waals surface area contributed by atoms with Crippen molar-refractivity contribution >= 4 is 23.5 Å². The molecule has 2 rings (SSSR count). The summed E-state index contributed by atoms with van der Waals surface area (Å²) in [6.45, 7) is 1.83. The summed E-state index contributed by atoms with van der Waals surface area (Å²) in [5, 5.41) is 12.4. The molecule has 0 heterocycles. The minimum atomic E-state index is -1.05. The largest absolute Gasteiger partial charge is 0.497 e. The Hall–Kier alpha value is -2.73. The molecule has 0 aromatic heterocycles. The summed E-state index contributed by atoms with van der Waals surface area (Å²) >= 11 is 6.07. The fraction of sp³-hybridized carbons (Fsp3) is 0.263. The number of aliphatic carboxylic acids is 1. The van der Waals surface area contributed by atoms with Gasteiger partial charge in [-0.2, -0.15) is 0 Å². The molecule has 7 heteroatoms. The number of carbonyl (C=O) groups excluding carboxylic acids is 1. The van der Waals surface area contributed by atoms with E-state index >= 15 is 0 Å². The molecule has 1 amide bonds. The Morgan fingerprint density at radius 1 is 1.15 bits per heavy atom. The lowest BCUT2D eigenvalue weighted by atomic mass is 10.0. The fourth-order valence-electron chi connectivity index (χ4n) is 2.50. The Labute approximate surface area is 156 Å². The number of ether oxygens (including phenoxy) is 2. The molecule has 6 nitrogen and oxygen atoms in total. The van der Waals surface area contributed by atoms with E-state index in [0.29, 0.717) is 27.6 Å². The lowest BCUT2D eigenvalue weighted by Crippen LogP contribution is -2.30. The van der Waals surface area contributed by atoms with Gasteiger partial charge in [0.05, 0.1) is 26.7 Å². The van der Waals surface area contributed by atoms with Crippen LogP contribution in [0.3, 0.4) is 0 Å². The summed E-state index contributed by atoms with van der Waals surface area (Å²) in [5.74, 6) is -0.472. The number of amides is 1. The normalized spacial score (nSPS) is 11.5. The van der Waals surface area contributed by atoms with E-state index in [9.17, 15) is 14.7 Å². The Bertz CT molecular complexity index is 822. The van der Waals surface area contributed by atoms with Gasteiger partial charge in [0.1, 0.15) is 11.5 Å². The first-order valence-electron chi connectivity index (χ1n) is 7.86. The zero-order chi connectivity index (χ0) is 19.3. The molecule has 2 aromatic rings. The third-order valence-corrected chi connectivity index (χ3v) is 4.34. The second kappa shape index (κ2) is 8.58. The summed E-state index contributed by atoms with van der Waals surface area (Å²) in [6, 6.07) is 9.14. The molecular weight excluding hydrogens is 358 g/mol. The number of benzene rings is 2. The smallest absolute Gasteiger partial charge is 0.305 e. The van der Waals surface area contributed by atoms with Crippen molar-refractivity contribution < 1.29 is 24.2 Å². The fourth-order valence-corrected chi connectivity index (χ4v) is 2.68. The van der Waals surface area contributed by atoms with E-state index in [4.69, 9.17) is 21.1 Å². The van der Waals surface area contributed by atoms with Crippen LogP contribution in [-0.2, 0) is 4.79 Å². The van der Waals surface area contributed by atoms with Gasteiger partial charge in [-0.3, -0.25) is 9.59 Å². The van der Waals surface area contributed by atoms with Crippen molar-refractivity contribution in [2.24, 2.45) is 0 Å². The first kappa shape index (κ1) is 19.6. The average Bonchev–Trinajstić information content (AvgIpc) is 2.62. The third kappa shape index (κ3) is 4.67. The topological polar surface area (TPSA) is 84.9 Å². The Morgan fingerprint density at radius 3 is 2.46 bits per heavy atom. The highest BCUT2D eigenvalue weighted by atomic mass is 35.5. The van der Waals surface area contributed by atoms with E-state index in [1.165, 1.54) is 14.2 Å². The number of hydrogen-bond donors (Lipinski definition) is 2. The molecule has 0 radical (unpaired) electrons. The van der Waals surface area contributed by atoms with Gasteiger partial charge in [-0.05, 0) is 36.8 Å². The molecular formula is C19H20ClNO5. The SMILES string of the molecule is COc1ccc(C(CC(=O)O)NC(=O)c2ccc(C)c(Cl)c2)c(OC)c1. The molecule has 0 bridgehead atoms. The van der Waals surface area contributed by atoms with E-state index in [2.05, 4.69) is 5.32 Å². The molecule has 1 atom stereocenters. The molecule has 0 fully saturated rings. The first-order valence-corrected chi connectivity index (χ1v) is 8.24. The summed E-state index contributed by atoms with van der Waals surface area (Å²) < 4.78 is 10.5. The molecule has 2 N–H and O–H groups in total. The van der Waals surface area contributed by atoms with Crippen LogP contribution >= 0.6 is 11.6 Å². The summed E-state index contributed by atoms with van der Waals surface area (Å²) in [7, 11) is 2.99. The predicted molar refractivity (Wildman–Crippen MR) is 98.2 cm³/mol. The number of carbonyl (C=O) groups is 2. The van der Waals surface area contributed by atoms with Gasteiger partial charge in [-0.1, -0.05) is 17.7 Å². The van der Waals surface area contributed by atoms with Crippen LogP contribution < -0.4 is 14.8 Å². The molecule has 1 unspecified atom stereocenters. The molecule has 0 spiro atoms. The van der Waals surface area contributed by atoms with Crippen molar-refractivity contribution in [3.8, 4) is 11.5 Å². The monoisotopic (exact) mass is 377 g/mol. The van der Waals surface area contributed by atoms with Crippen LogP contribution in [0.2, 0.25) is 5.02 Å². The van der Waals surface area contributed by atoms with Crippen molar-refractivity contribution in [2.45, 2.75) is 19.4 Å². The highest BCUT2D eigenvalue weighted by Crippen LogP contribution is 2.31. The lowest BCUT2D eigenvalue weighted by Gasteiger charge is -2.20. The summed E-state index contributed by atoms with van der Waals surface area (Å²) in [4.78, 5) is 23.9. The van der Waals surface area contributed by atoms with Crippen LogP contribution in [0.25, 0.3) is 0 Å². The quantitative estimate of drug-likeness (QED) is 0.769. The third-order valence-electron chi connectivity index (χ3n) is 3.93. The number of methoxy groups -OCH3 is 2. The lowest BCUT2D eigenvalue weighted by molar-refractivity contribution is -0.137. The molecule has 0 saturated heterocycles. The van der Waals surface area contributed by atoms with Gasteiger partial charge in [-0.25, -0.2) is 0 Å². The van der Waals surface area contributed by atoms with Crippen LogP contribution in [0.5, 0.6) is 11.5 Å². The Morgan fingerprint density at radius 2 is 1.88 bits per heavy atom. The molecule has 26 heavy (non-hydrogen) atoms. The number of nitrogens with one attached hydrogen (secondary N) is 1. The maximum atomic E-state index is 12.6. The molecule has 0 aliphatic heterocycles. The number of carboxylic acids is 1. The molecule has 138 valence electrons. The molecule has 0 aliphatic carbocycles. The maximum Gasteiger partial charge on any atom is 0.305 e. The van der Waals surface area contributed by atoms with Crippen molar-refractivity contribution in [2.75, 3.05) is 14.2 Å². The van der Waals surface area contributed by atoms with Crippen LogP contribution in [0, 0.1) is 6.92 Å². The zero-order valence-corrected chi connectivity index (χ0v) is 15.5.